The number of methoxy groups -OCH3 is 6. The molecular weight excluding hydrogens is 649 g/mol. The van der Waals surface area contributed by atoms with E-state index in [4.69, 9.17) is 31.2 Å². The Kier molecular flexibility index (Phi) is 8.68. The Labute approximate surface area is 210 Å². The number of carbonyl (C=O) groups is 1. The average molecular weight is 679 g/mol. The summed E-state index contributed by atoms with van der Waals surface area (Å²) in [6.45, 7) is 1.41. The zero-order valence-corrected chi connectivity index (χ0v) is 24.4. The Morgan fingerprint density at radius 1 is 0.514 bits per heavy atom. The van der Waals surface area contributed by atoms with Gasteiger partial charge >= 0.3 is 211 Å². The van der Waals surface area contributed by atoms with Gasteiger partial charge in [0.05, 0.1) is 0 Å². The van der Waals surface area contributed by atoms with E-state index in [1.165, 1.54) is 6.92 Å². The van der Waals surface area contributed by atoms with E-state index in [9.17, 15) is 4.79 Å². The predicted molar refractivity (Wildman–Crippen MR) is 135 cm³/mol. The van der Waals surface area contributed by atoms with Gasteiger partial charge in [0.25, 0.3) is 0 Å². The Morgan fingerprint density at radius 3 is 1.03 bits per heavy atom. The maximum absolute atomic E-state index is 12.7. The van der Waals surface area contributed by atoms with Crippen molar-refractivity contribution in [2.24, 2.45) is 0 Å². The fraction of sp³-hybridized carbons (Fsp3) is 0.269. The molecule has 0 spiro atoms. The SMILES string of the molecule is COc1cc[c]([Bi]([O]C(C)=O)([c]2ccc(OC)c(OC)c2)[c]2ccc(OC)c(OC)c2)cc1OC. The molecule has 35 heavy (non-hydrogen) atoms. The third kappa shape index (κ3) is 5.10. The van der Waals surface area contributed by atoms with Gasteiger partial charge in [0.1, 0.15) is 0 Å². The van der Waals surface area contributed by atoms with E-state index in [0.29, 0.717) is 34.5 Å². The van der Waals surface area contributed by atoms with Crippen molar-refractivity contribution in [3.8, 4) is 34.5 Å². The number of carbonyl (C=O) groups excluding carboxylic acids is 1. The normalized spacial score (nSPS) is 10.8. The average Bonchev–Trinajstić information content (AvgIpc) is 2.90. The summed E-state index contributed by atoms with van der Waals surface area (Å²) >= 11 is -4.64. The van der Waals surface area contributed by atoms with Crippen molar-refractivity contribution >= 4 is 36.5 Å². The molecule has 0 bridgehead atoms. The Balaban J connectivity index is 2.45. The Morgan fingerprint density at radius 2 is 0.800 bits per heavy atom. The van der Waals surface area contributed by atoms with Gasteiger partial charge < -0.3 is 0 Å². The molecule has 3 aromatic carbocycles. The van der Waals surface area contributed by atoms with Gasteiger partial charge in [-0.2, -0.15) is 0 Å². The summed E-state index contributed by atoms with van der Waals surface area (Å²) < 4.78 is 42.0. The topological polar surface area (TPSA) is 81.7 Å². The number of ether oxygens (including phenoxy) is 6. The van der Waals surface area contributed by atoms with Gasteiger partial charge in [-0.25, -0.2) is 0 Å². The van der Waals surface area contributed by atoms with Gasteiger partial charge in [0.15, 0.2) is 0 Å². The van der Waals surface area contributed by atoms with E-state index in [0.717, 1.165) is 9.81 Å². The second-order valence-corrected chi connectivity index (χ2v) is 18.8. The van der Waals surface area contributed by atoms with Crippen molar-refractivity contribution in [1.29, 1.82) is 0 Å². The first-order valence-corrected chi connectivity index (χ1v) is 17.3. The summed E-state index contributed by atoms with van der Waals surface area (Å²) in [4.78, 5) is 12.7. The van der Waals surface area contributed by atoms with Gasteiger partial charge in [-0.3, -0.25) is 0 Å². The van der Waals surface area contributed by atoms with Crippen LogP contribution in [0.1, 0.15) is 6.92 Å². The Hall–Kier alpha value is -3.19. The van der Waals surface area contributed by atoms with Crippen LogP contribution in [0.2, 0.25) is 0 Å². The second kappa shape index (κ2) is 11.5. The number of hydrogen-bond donors (Lipinski definition) is 0. The molecule has 0 saturated carbocycles. The van der Waals surface area contributed by atoms with Crippen LogP contribution in [-0.4, -0.2) is 69.3 Å². The van der Waals surface area contributed by atoms with Gasteiger partial charge in [-0.15, -0.1) is 0 Å². The van der Waals surface area contributed by atoms with Crippen molar-refractivity contribution < 1.29 is 36.0 Å². The molecule has 9 heteroatoms. The second-order valence-electron chi connectivity index (χ2n) is 7.31. The van der Waals surface area contributed by atoms with Crippen LogP contribution in [0.25, 0.3) is 0 Å². The quantitative estimate of drug-likeness (QED) is 0.303. The fourth-order valence-corrected chi connectivity index (χ4v) is 16.9. The molecule has 0 aromatic heterocycles. The van der Waals surface area contributed by atoms with Gasteiger partial charge in [-0.1, -0.05) is 0 Å². The minimum absolute atomic E-state index is 0.400. The molecule has 1 radical (unpaired) electrons. The zero-order chi connectivity index (χ0) is 25.6. The van der Waals surface area contributed by atoms with E-state index in [-0.39, 0.29) is 0 Å². The molecule has 3 rings (SSSR count). The van der Waals surface area contributed by atoms with Crippen LogP contribution in [0.4, 0.5) is 0 Å². The molecule has 8 nitrogen and oxygen atoms in total. The van der Waals surface area contributed by atoms with Crippen molar-refractivity contribution in [3.63, 3.8) is 0 Å². The van der Waals surface area contributed by atoms with Crippen molar-refractivity contribution in [2.75, 3.05) is 42.7 Å². The van der Waals surface area contributed by atoms with Crippen LogP contribution < -0.4 is 38.2 Å². The number of hydrogen-bond acceptors (Lipinski definition) is 8. The van der Waals surface area contributed by atoms with E-state index >= 15 is 0 Å². The van der Waals surface area contributed by atoms with E-state index < -0.39 is 26.7 Å². The third-order valence-corrected chi connectivity index (χ3v) is 19.2. The van der Waals surface area contributed by atoms with Gasteiger partial charge in [0.2, 0.25) is 0 Å². The molecule has 3 aromatic rings. The summed E-state index contributed by atoms with van der Waals surface area (Å²) in [7, 11) is 9.42. The van der Waals surface area contributed by atoms with E-state index in [2.05, 4.69) is 0 Å². The molecule has 0 heterocycles. The summed E-state index contributed by atoms with van der Waals surface area (Å²) in [6.07, 6.45) is 0. The molecule has 0 aliphatic heterocycles. The fourth-order valence-electron chi connectivity index (χ4n) is 3.86. The molecule has 0 saturated heterocycles. The van der Waals surface area contributed by atoms with Crippen LogP contribution in [0, 0.1) is 0 Å². The van der Waals surface area contributed by atoms with E-state index in [1.54, 1.807) is 42.7 Å². The van der Waals surface area contributed by atoms with Gasteiger partial charge in [0, 0.05) is 0 Å². The summed E-state index contributed by atoms with van der Waals surface area (Å²) in [6, 6.07) is 16.8. The van der Waals surface area contributed by atoms with E-state index in [1.807, 2.05) is 54.6 Å². The van der Waals surface area contributed by atoms with Crippen molar-refractivity contribution in [1.82, 2.24) is 0 Å². The summed E-state index contributed by atoms with van der Waals surface area (Å²) in [5, 5.41) is 0. The van der Waals surface area contributed by atoms with Crippen LogP contribution in [0.3, 0.4) is 0 Å². The first-order chi connectivity index (χ1) is 16.9. The Bertz CT molecular complexity index is 1060. The molecule has 0 atom stereocenters. The molecule has 0 aliphatic rings. The summed E-state index contributed by atoms with van der Waals surface area (Å²) in [5.41, 5.74) is 0. The van der Waals surface area contributed by atoms with Crippen LogP contribution in [-0.2, 0) is 7.61 Å². The summed E-state index contributed by atoms with van der Waals surface area (Å²) in [5.74, 6) is 2.89. The van der Waals surface area contributed by atoms with Crippen molar-refractivity contribution in [3.05, 3.63) is 54.6 Å². The molecule has 0 aliphatic carbocycles. The number of rotatable bonds is 10. The molecule has 0 N–H and O–H groups in total. The zero-order valence-electron chi connectivity index (χ0n) is 20.9. The first-order valence-electron chi connectivity index (χ1n) is 10.6. The third-order valence-electron chi connectivity index (χ3n) is 5.46. The first kappa shape index (κ1) is 26.4. The standard InChI is InChI=1S/3C8H9O2.C2H4O2.Bi/c3*1-9-7-5-3-4-6-8(7)10-2;1-2(3)4;/h3*3,5-6H,1-2H3;1H3,(H,3,4);/q;;;;+1/p-1. The minimum atomic E-state index is -4.64. The van der Waals surface area contributed by atoms with Crippen LogP contribution in [0.15, 0.2) is 54.6 Å². The molecule has 0 fully saturated rings. The molecule has 0 unspecified atom stereocenters. The van der Waals surface area contributed by atoms with Crippen LogP contribution >= 0.6 is 0 Å². The molecule has 0 amide bonds. The maximum atomic E-state index is 12.7. The van der Waals surface area contributed by atoms with Gasteiger partial charge in [-0.05, 0) is 0 Å². The molecule has 187 valence electrons. The van der Waals surface area contributed by atoms with Crippen molar-refractivity contribution in [2.45, 2.75) is 6.92 Å². The predicted octanol–water partition coefficient (Wildman–Crippen LogP) is 2.27. The molecular formula is C26H30BiO8. The number of benzene rings is 3. The monoisotopic (exact) mass is 679 g/mol. The van der Waals surface area contributed by atoms with Crippen LogP contribution in [0.5, 0.6) is 34.5 Å².